The summed E-state index contributed by atoms with van der Waals surface area (Å²) < 4.78 is 10.7. The molecule has 0 aliphatic heterocycles. The first-order valence-corrected chi connectivity index (χ1v) is 23.5. The molecule has 4 aromatic rings. The lowest BCUT2D eigenvalue weighted by atomic mass is 9.90. The van der Waals surface area contributed by atoms with E-state index in [4.69, 9.17) is 20.9 Å². The van der Waals surface area contributed by atoms with Crippen LogP contribution < -0.4 is 27.4 Å². The summed E-state index contributed by atoms with van der Waals surface area (Å²) in [5, 5.41) is 8.00. The summed E-state index contributed by atoms with van der Waals surface area (Å²) in [5.74, 6) is -1.26. The average molecular weight is 930 g/mol. The molecule has 0 unspecified atom stereocenters. The molecule has 0 bridgehead atoms. The number of carbonyl (C=O) groups is 5. The fourth-order valence-corrected chi connectivity index (χ4v) is 7.24. The number of guanidine groups is 1. The minimum atomic E-state index is -0.871. The first-order chi connectivity index (χ1) is 32.2. The Hall–Kier alpha value is -6.67. The van der Waals surface area contributed by atoms with Crippen LogP contribution in [-0.2, 0) is 36.7 Å². The van der Waals surface area contributed by atoms with Gasteiger partial charge in [0, 0.05) is 31.8 Å². The largest absolute Gasteiger partial charge is 0.444 e. The molecular formula is C54H71N7O7. The number of nitrogens with zero attached hydrogens (tertiary/aromatic N) is 2. The van der Waals surface area contributed by atoms with E-state index in [0.29, 0.717) is 50.9 Å². The van der Waals surface area contributed by atoms with Crippen LogP contribution in [0.1, 0.15) is 105 Å². The zero-order valence-corrected chi connectivity index (χ0v) is 40.8. The van der Waals surface area contributed by atoms with E-state index >= 15 is 0 Å². The Morgan fingerprint density at radius 3 is 1.54 bits per heavy atom. The molecule has 0 heterocycles. The second-order valence-corrected chi connectivity index (χ2v) is 19.0. The van der Waals surface area contributed by atoms with Crippen molar-refractivity contribution in [3.05, 3.63) is 120 Å². The highest BCUT2D eigenvalue weighted by atomic mass is 16.6. The highest BCUT2D eigenvalue weighted by Crippen LogP contribution is 2.23. The number of aliphatic imine (C=N–C) groups is 2. The zero-order chi connectivity index (χ0) is 49.7. The molecule has 3 amide bonds. The van der Waals surface area contributed by atoms with Crippen LogP contribution in [0.5, 0.6) is 0 Å². The number of hydrogen-bond donors (Lipinski definition) is 5. The van der Waals surface area contributed by atoms with E-state index < -0.39 is 47.3 Å². The zero-order valence-electron chi connectivity index (χ0n) is 40.8. The number of nitrogens with one attached hydrogen (secondary N) is 3. The number of alkyl carbamates (subject to hydrolysis) is 2. The molecule has 364 valence electrons. The number of amidine groups is 1. The van der Waals surface area contributed by atoms with Gasteiger partial charge >= 0.3 is 12.2 Å². The van der Waals surface area contributed by atoms with Gasteiger partial charge in [0.25, 0.3) is 0 Å². The second-order valence-electron chi connectivity index (χ2n) is 19.0. The monoisotopic (exact) mass is 930 g/mol. The third kappa shape index (κ3) is 20.5. The number of hydrogen-bond acceptors (Lipinski definition) is 10. The topological polar surface area (TPSA) is 217 Å². The Bertz CT molecular complexity index is 2270. The number of amides is 3. The van der Waals surface area contributed by atoms with Gasteiger partial charge in [-0.25, -0.2) is 9.59 Å². The van der Waals surface area contributed by atoms with Crippen molar-refractivity contribution in [3.63, 3.8) is 0 Å². The van der Waals surface area contributed by atoms with Crippen molar-refractivity contribution in [2.24, 2.45) is 27.4 Å². The molecule has 0 saturated carbocycles. The minimum Gasteiger partial charge on any atom is -0.444 e. The van der Waals surface area contributed by atoms with Gasteiger partial charge in [0.15, 0.2) is 11.6 Å². The van der Waals surface area contributed by atoms with E-state index in [9.17, 15) is 24.0 Å². The molecule has 0 saturated heterocycles. The first kappa shape index (κ1) is 53.9. The van der Waals surface area contributed by atoms with Crippen LogP contribution in [0.2, 0.25) is 0 Å². The van der Waals surface area contributed by atoms with Gasteiger partial charge in [0.05, 0.1) is 17.9 Å². The molecule has 0 aliphatic carbocycles. The molecule has 0 fully saturated rings. The normalized spacial score (nSPS) is 13.0. The second kappa shape index (κ2) is 26.6. The molecular weight excluding hydrogens is 859 g/mol. The summed E-state index contributed by atoms with van der Waals surface area (Å²) in [7, 11) is 0. The molecule has 3 atom stereocenters. The Kier molecular flexibility index (Phi) is 21.1. The van der Waals surface area contributed by atoms with Crippen molar-refractivity contribution >= 4 is 41.5 Å². The molecule has 14 heteroatoms. The Labute approximate surface area is 402 Å². The van der Waals surface area contributed by atoms with Crippen molar-refractivity contribution in [3.8, 4) is 22.3 Å². The lowest BCUT2D eigenvalue weighted by molar-refractivity contribution is -0.133. The van der Waals surface area contributed by atoms with Crippen LogP contribution in [0, 0.1) is 5.92 Å². The summed E-state index contributed by atoms with van der Waals surface area (Å²) >= 11 is 0. The fraction of sp³-hybridized carbons (Fsp3) is 0.426. The molecule has 68 heavy (non-hydrogen) atoms. The van der Waals surface area contributed by atoms with E-state index in [0.717, 1.165) is 33.4 Å². The van der Waals surface area contributed by atoms with Crippen LogP contribution >= 0.6 is 0 Å². The van der Waals surface area contributed by atoms with Gasteiger partial charge in [-0.3, -0.25) is 35.0 Å². The molecule has 0 spiro atoms. The van der Waals surface area contributed by atoms with Crippen LogP contribution in [-0.4, -0.2) is 77.8 Å². The Morgan fingerprint density at radius 1 is 0.588 bits per heavy atom. The van der Waals surface area contributed by atoms with Gasteiger partial charge < -0.3 is 26.3 Å². The number of rotatable bonds is 22. The molecule has 0 aromatic heterocycles. The highest BCUT2D eigenvalue weighted by molar-refractivity contribution is 6.01. The van der Waals surface area contributed by atoms with Crippen LogP contribution in [0.3, 0.4) is 0 Å². The maximum atomic E-state index is 14.3. The van der Waals surface area contributed by atoms with Crippen molar-refractivity contribution in [2.75, 3.05) is 13.1 Å². The fourth-order valence-electron chi connectivity index (χ4n) is 7.24. The molecule has 14 nitrogen and oxygen atoms in total. The third-order valence-corrected chi connectivity index (χ3v) is 10.6. The van der Waals surface area contributed by atoms with Gasteiger partial charge in [0.1, 0.15) is 11.2 Å². The van der Waals surface area contributed by atoms with Gasteiger partial charge in [0.2, 0.25) is 11.9 Å². The first-order valence-electron chi connectivity index (χ1n) is 23.5. The van der Waals surface area contributed by atoms with Gasteiger partial charge in [-0.2, -0.15) is 0 Å². The smallest absolute Gasteiger partial charge is 0.414 e. The standard InChI is InChI=1S/C54H71N7O7/c1-37(55)57-33-17-22-44(36-48(63)45(56)34-38-24-28-42(29-25-38)40-18-11-8-12-19-40)49(64)59-46(35-39-26-30-43(31-27-39)41-20-13-9-14-21-41)47(62)23-15-10-16-32-58-50(60-51(65)67-53(2,3)4)61-52(66)68-54(5,6)7/h8-9,11-14,18-21,24-31,44-46H,10,15-17,22-23,32-36,56H2,1-7H3,(H2,55,57)(H,59,64)(H2,58,60,61,65,66)/t44-,45+,46+/m0/s1. The van der Waals surface area contributed by atoms with Gasteiger partial charge in [-0.05, 0) is 120 Å². The number of ether oxygens (including phenoxy) is 2. The average Bonchev–Trinajstić information content (AvgIpc) is 3.27. The van der Waals surface area contributed by atoms with Crippen LogP contribution in [0.25, 0.3) is 22.3 Å². The van der Waals surface area contributed by atoms with E-state index in [1.54, 1.807) is 48.5 Å². The van der Waals surface area contributed by atoms with Crippen LogP contribution in [0.15, 0.2) is 119 Å². The number of benzene rings is 4. The molecule has 4 rings (SSSR count). The predicted molar refractivity (Wildman–Crippen MR) is 270 cm³/mol. The van der Waals surface area contributed by atoms with Crippen LogP contribution in [0.4, 0.5) is 9.59 Å². The summed E-state index contributed by atoms with van der Waals surface area (Å²) in [6, 6.07) is 34.1. The number of Topliss-reactive ketones (excluding diaryl/α,β-unsaturated/α-hetero) is 2. The number of unbranched alkanes of at least 4 members (excludes halogenated alkanes) is 2. The van der Waals surface area contributed by atoms with Crippen molar-refractivity contribution in [1.82, 2.24) is 16.0 Å². The van der Waals surface area contributed by atoms with Crippen molar-refractivity contribution in [2.45, 2.75) is 130 Å². The van der Waals surface area contributed by atoms with E-state index in [1.807, 2.05) is 109 Å². The summed E-state index contributed by atoms with van der Waals surface area (Å²) in [6.07, 6.45) is 1.47. The number of ketones is 2. The lowest BCUT2D eigenvalue weighted by Gasteiger charge is -2.23. The van der Waals surface area contributed by atoms with Gasteiger partial charge in [-0.1, -0.05) is 116 Å². The SMILES string of the molecule is CC(N)=NCCC[C@@H](CC(=O)[C@H](N)Cc1ccc(-c2ccccc2)cc1)C(=O)N[C@H](Cc1ccc(-c2ccccc2)cc1)C(=O)CCCCCN=C(NC(=O)OC(C)(C)C)NC(=O)OC(C)(C)C. The quantitative estimate of drug-likeness (QED) is 0.0288. The van der Waals surface area contributed by atoms with Crippen molar-refractivity contribution < 1.29 is 33.4 Å². The van der Waals surface area contributed by atoms with E-state index in [1.165, 1.54) is 0 Å². The van der Waals surface area contributed by atoms with Gasteiger partial charge in [-0.15, -0.1) is 0 Å². The van der Waals surface area contributed by atoms with Crippen molar-refractivity contribution in [1.29, 1.82) is 0 Å². The lowest BCUT2D eigenvalue weighted by Crippen LogP contribution is -2.47. The van der Waals surface area contributed by atoms with E-state index in [-0.39, 0.29) is 43.3 Å². The minimum absolute atomic E-state index is 0.0961. The Morgan fingerprint density at radius 2 is 1.06 bits per heavy atom. The molecule has 4 aromatic carbocycles. The number of nitrogens with two attached hydrogens (primary N) is 2. The summed E-state index contributed by atoms with van der Waals surface area (Å²) in [5.41, 5.74) is 16.7. The third-order valence-electron chi connectivity index (χ3n) is 10.6. The predicted octanol–water partition coefficient (Wildman–Crippen LogP) is 8.89. The maximum absolute atomic E-state index is 14.3. The molecule has 0 aliphatic rings. The molecule has 0 radical (unpaired) electrons. The summed E-state index contributed by atoms with van der Waals surface area (Å²) in [6.45, 7) is 12.6. The van der Waals surface area contributed by atoms with E-state index in [2.05, 4.69) is 25.9 Å². The Balaban J connectivity index is 1.46. The molecule has 7 N–H and O–H groups in total. The number of carbonyl (C=O) groups excluding carboxylic acids is 5. The highest BCUT2D eigenvalue weighted by Gasteiger charge is 2.29. The summed E-state index contributed by atoms with van der Waals surface area (Å²) in [4.78, 5) is 75.8. The maximum Gasteiger partial charge on any atom is 0.414 e.